The van der Waals surface area contributed by atoms with E-state index in [1.165, 1.54) is 6.33 Å². The summed E-state index contributed by atoms with van der Waals surface area (Å²) in [5.74, 6) is 1.81. The Kier molecular flexibility index (Phi) is 5.52. The zero-order valence-electron chi connectivity index (χ0n) is 15.6. The summed E-state index contributed by atoms with van der Waals surface area (Å²) in [5.41, 5.74) is 2.05. The van der Waals surface area contributed by atoms with Gasteiger partial charge >= 0.3 is 0 Å². The summed E-state index contributed by atoms with van der Waals surface area (Å²) < 4.78 is 35.1. The van der Waals surface area contributed by atoms with E-state index < -0.39 is 10.2 Å². The first-order valence-corrected chi connectivity index (χ1v) is 9.89. The lowest BCUT2D eigenvalue weighted by Gasteiger charge is -2.17. The molecule has 0 amide bonds. The molecule has 4 N–H and O–H groups in total. The molecule has 10 heteroatoms. The Balaban J connectivity index is 1.87. The Bertz CT molecular complexity index is 1090. The number of nitrogens with one attached hydrogen (secondary N) is 2. The SMILES string of the molecule is COc1cc2ncnc(NC(C)c3ccc(NS(N)(=O)=O)cc3)c2cc1OC. The predicted molar refractivity (Wildman–Crippen MR) is 108 cm³/mol. The van der Waals surface area contributed by atoms with Crippen molar-refractivity contribution in [3.05, 3.63) is 48.3 Å². The molecule has 0 saturated carbocycles. The first-order valence-electron chi connectivity index (χ1n) is 8.34. The van der Waals surface area contributed by atoms with Crippen LogP contribution in [0.15, 0.2) is 42.7 Å². The van der Waals surface area contributed by atoms with Crippen molar-refractivity contribution in [2.45, 2.75) is 13.0 Å². The van der Waals surface area contributed by atoms with E-state index in [2.05, 4.69) is 20.0 Å². The highest BCUT2D eigenvalue weighted by Gasteiger charge is 2.13. The number of nitrogens with zero attached hydrogens (tertiary/aromatic N) is 2. The number of methoxy groups -OCH3 is 2. The van der Waals surface area contributed by atoms with Gasteiger partial charge in [0.15, 0.2) is 11.5 Å². The molecule has 9 nitrogen and oxygen atoms in total. The zero-order valence-corrected chi connectivity index (χ0v) is 16.4. The molecular formula is C18H21N5O4S. The molecule has 0 aliphatic carbocycles. The fraction of sp³-hybridized carbons (Fsp3) is 0.222. The van der Waals surface area contributed by atoms with Crippen LogP contribution in [-0.2, 0) is 10.2 Å². The maximum atomic E-state index is 11.1. The first-order chi connectivity index (χ1) is 13.3. The molecule has 0 saturated heterocycles. The van der Waals surface area contributed by atoms with Crippen LogP contribution in [0.25, 0.3) is 10.9 Å². The summed E-state index contributed by atoms with van der Waals surface area (Å²) in [6.07, 6.45) is 1.47. The molecule has 2 aromatic carbocycles. The van der Waals surface area contributed by atoms with Gasteiger partial charge in [0.05, 0.1) is 19.7 Å². The Morgan fingerprint density at radius 2 is 1.68 bits per heavy atom. The average molecular weight is 403 g/mol. The van der Waals surface area contributed by atoms with Crippen LogP contribution in [0.5, 0.6) is 11.5 Å². The molecule has 1 heterocycles. The Hall–Kier alpha value is -3.11. The molecular weight excluding hydrogens is 382 g/mol. The minimum atomic E-state index is -3.80. The third-order valence-electron chi connectivity index (χ3n) is 4.16. The maximum Gasteiger partial charge on any atom is 0.296 e. The average Bonchev–Trinajstić information content (AvgIpc) is 2.66. The number of rotatable bonds is 7. The van der Waals surface area contributed by atoms with Crippen LogP contribution in [0, 0.1) is 0 Å². The second-order valence-electron chi connectivity index (χ2n) is 6.08. The Labute approximate surface area is 163 Å². The maximum absolute atomic E-state index is 11.1. The van der Waals surface area contributed by atoms with E-state index in [-0.39, 0.29) is 6.04 Å². The summed E-state index contributed by atoms with van der Waals surface area (Å²) in [4.78, 5) is 8.63. The lowest BCUT2D eigenvalue weighted by atomic mass is 10.1. The highest BCUT2D eigenvalue weighted by molar-refractivity contribution is 7.90. The van der Waals surface area contributed by atoms with Crippen molar-refractivity contribution in [3.8, 4) is 11.5 Å². The van der Waals surface area contributed by atoms with Gasteiger partial charge in [-0.2, -0.15) is 8.42 Å². The van der Waals surface area contributed by atoms with Gasteiger partial charge < -0.3 is 14.8 Å². The molecule has 0 spiro atoms. The van der Waals surface area contributed by atoms with Crippen LogP contribution in [0.2, 0.25) is 0 Å². The van der Waals surface area contributed by atoms with E-state index in [9.17, 15) is 8.42 Å². The number of benzene rings is 2. The van der Waals surface area contributed by atoms with Gasteiger partial charge in [0.25, 0.3) is 10.2 Å². The minimum absolute atomic E-state index is 0.102. The topological polar surface area (TPSA) is 128 Å². The largest absolute Gasteiger partial charge is 0.493 e. The number of aromatic nitrogens is 2. The normalized spacial score (nSPS) is 12.4. The van der Waals surface area contributed by atoms with Gasteiger partial charge in [0, 0.05) is 23.2 Å². The van der Waals surface area contributed by atoms with Crippen molar-refractivity contribution in [1.82, 2.24) is 9.97 Å². The summed E-state index contributed by atoms with van der Waals surface area (Å²) in [6, 6.07) is 10.4. The molecule has 148 valence electrons. The zero-order chi connectivity index (χ0) is 20.3. The van der Waals surface area contributed by atoms with Gasteiger partial charge in [-0.3, -0.25) is 4.72 Å². The molecule has 1 atom stereocenters. The molecule has 0 fully saturated rings. The third-order valence-corrected chi connectivity index (χ3v) is 4.68. The fourth-order valence-corrected chi connectivity index (χ4v) is 3.26. The standard InChI is InChI=1S/C18H21N5O4S/c1-11(12-4-6-13(7-5-12)23-28(19,24)25)22-18-14-8-16(26-2)17(27-3)9-15(14)20-10-21-18/h4-11,23H,1-3H3,(H2,19,24,25)(H,20,21,22). The van der Waals surface area contributed by atoms with Gasteiger partial charge in [-0.15, -0.1) is 0 Å². The van der Waals surface area contributed by atoms with Crippen LogP contribution in [-0.4, -0.2) is 32.6 Å². The van der Waals surface area contributed by atoms with Crippen LogP contribution in [0.4, 0.5) is 11.5 Å². The number of hydrogen-bond acceptors (Lipinski definition) is 7. The van der Waals surface area contributed by atoms with Gasteiger partial charge in [-0.05, 0) is 30.7 Å². The van der Waals surface area contributed by atoms with Gasteiger partial charge in [-0.25, -0.2) is 15.1 Å². The van der Waals surface area contributed by atoms with E-state index in [1.807, 2.05) is 13.0 Å². The lowest BCUT2D eigenvalue weighted by molar-refractivity contribution is 0.356. The lowest BCUT2D eigenvalue weighted by Crippen LogP contribution is -2.21. The Morgan fingerprint density at radius 1 is 1.04 bits per heavy atom. The Morgan fingerprint density at radius 3 is 2.29 bits per heavy atom. The van der Waals surface area contributed by atoms with Gasteiger partial charge in [0.2, 0.25) is 0 Å². The van der Waals surface area contributed by atoms with Crippen LogP contribution < -0.4 is 24.7 Å². The fourth-order valence-electron chi connectivity index (χ4n) is 2.79. The number of hydrogen-bond donors (Lipinski definition) is 3. The second-order valence-corrected chi connectivity index (χ2v) is 7.38. The molecule has 3 aromatic rings. The summed E-state index contributed by atoms with van der Waals surface area (Å²) >= 11 is 0. The molecule has 0 aliphatic rings. The number of anilines is 2. The predicted octanol–water partition coefficient (Wildman–Crippen LogP) is 2.44. The summed E-state index contributed by atoms with van der Waals surface area (Å²) in [6.45, 7) is 1.97. The van der Waals surface area contributed by atoms with Crippen molar-refractivity contribution < 1.29 is 17.9 Å². The van der Waals surface area contributed by atoms with E-state index >= 15 is 0 Å². The van der Waals surface area contributed by atoms with Crippen LogP contribution in [0.1, 0.15) is 18.5 Å². The molecule has 3 rings (SSSR count). The minimum Gasteiger partial charge on any atom is -0.493 e. The molecule has 1 unspecified atom stereocenters. The van der Waals surface area contributed by atoms with Gasteiger partial charge in [0.1, 0.15) is 12.1 Å². The third kappa shape index (κ3) is 4.41. The molecule has 28 heavy (non-hydrogen) atoms. The van der Waals surface area contributed by atoms with Crippen molar-refractivity contribution in [2.24, 2.45) is 5.14 Å². The van der Waals surface area contributed by atoms with Crippen molar-refractivity contribution in [1.29, 1.82) is 0 Å². The quantitative estimate of drug-likeness (QED) is 0.552. The van der Waals surface area contributed by atoms with Crippen LogP contribution >= 0.6 is 0 Å². The van der Waals surface area contributed by atoms with Gasteiger partial charge in [-0.1, -0.05) is 12.1 Å². The molecule has 0 bridgehead atoms. The number of ether oxygens (including phenoxy) is 2. The van der Waals surface area contributed by atoms with Crippen molar-refractivity contribution in [3.63, 3.8) is 0 Å². The number of fused-ring (bicyclic) bond motifs is 1. The monoisotopic (exact) mass is 403 g/mol. The van der Waals surface area contributed by atoms with Crippen LogP contribution in [0.3, 0.4) is 0 Å². The van der Waals surface area contributed by atoms with E-state index in [0.717, 1.165) is 16.5 Å². The van der Waals surface area contributed by atoms with E-state index in [0.29, 0.717) is 23.0 Å². The molecule has 0 radical (unpaired) electrons. The van der Waals surface area contributed by atoms with Crippen molar-refractivity contribution in [2.75, 3.05) is 24.3 Å². The summed E-state index contributed by atoms with van der Waals surface area (Å²) in [7, 11) is -0.660. The van der Waals surface area contributed by atoms with Crippen molar-refractivity contribution >= 4 is 32.6 Å². The van der Waals surface area contributed by atoms with E-state index in [1.54, 1.807) is 44.6 Å². The first kappa shape index (κ1) is 19.6. The molecule has 0 aliphatic heterocycles. The summed E-state index contributed by atoms with van der Waals surface area (Å²) in [5, 5.41) is 9.12. The molecule has 1 aromatic heterocycles. The van der Waals surface area contributed by atoms with E-state index in [4.69, 9.17) is 14.6 Å². The highest BCUT2D eigenvalue weighted by atomic mass is 32.2. The second kappa shape index (κ2) is 7.87. The number of nitrogens with two attached hydrogens (primary N) is 1. The highest BCUT2D eigenvalue weighted by Crippen LogP contribution is 2.34. The smallest absolute Gasteiger partial charge is 0.296 e.